The molecule has 8 heteroatoms. The molecular weight excluding hydrogens is 414 g/mol. The Kier molecular flexibility index (Phi) is 5.63. The van der Waals surface area contributed by atoms with E-state index in [1.54, 1.807) is 4.90 Å². The number of likely N-dealkylation sites (tertiary alicyclic amines) is 1. The minimum Gasteiger partial charge on any atom is -0.339 e. The zero-order valence-corrected chi connectivity index (χ0v) is 18.5. The Morgan fingerprint density at radius 3 is 3.12 bits per heavy atom. The van der Waals surface area contributed by atoms with Crippen LogP contribution < -0.4 is 10.4 Å². The van der Waals surface area contributed by atoms with Gasteiger partial charge < -0.3 is 9.88 Å². The van der Waals surface area contributed by atoms with Gasteiger partial charge >= 0.3 is 0 Å². The lowest BCUT2D eigenvalue weighted by atomic mass is 10.1. The van der Waals surface area contributed by atoms with E-state index in [0.29, 0.717) is 24.6 Å². The average molecular weight is 440 g/mol. The monoisotopic (exact) mass is 439 g/mol. The van der Waals surface area contributed by atoms with Gasteiger partial charge in [-0.15, -0.1) is 0 Å². The van der Waals surface area contributed by atoms with Crippen molar-refractivity contribution in [2.75, 3.05) is 24.6 Å². The van der Waals surface area contributed by atoms with Crippen molar-refractivity contribution in [3.63, 3.8) is 0 Å². The third kappa shape index (κ3) is 4.23. The van der Waals surface area contributed by atoms with Crippen molar-refractivity contribution in [3.05, 3.63) is 60.6 Å². The van der Waals surface area contributed by atoms with Crippen LogP contribution in [0.4, 0.5) is 11.5 Å². The highest BCUT2D eigenvalue weighted by atomic mass is 16.2. The number of H-pyrrole nitrogens is 1. The van der Waals surface area contributed by atoms with E-state index < -0.39 is 0 Å². The van der Waals surface area contributed by atoms with Gasteiger partial charge in [-0.05, 0) is 43.0 Å². The summed E-state index contributed by atoms with van der Waals surface area (Å²) in [6.45, 7) is 7.64. The van der Waals surface area contributed by atoms with Gasteiger partial charge in [0.15, 0.2) is 5.82 Å². The summed E-state index contributed by atoms with van der Waals surface area (Å²) < 4.78 is 0. The number of nitrogens with zero attached hydrogens (tertiary/aromatic N) is 5. The highest BCUT2D eigenvalue weighted by molar-refractivity contribution is 5.89. The maximum absolute atomic E-state index is 11.8. The summed E-state index contributed by atoms with van der Waals surface area (Å²) in [5.74, 6) is 7.20. The molecule has 2 aliphatic rings. The Hall–Kier alpha value is -3.96. The van der Waals surface area contributed by atoms with Crippen LogP contribution in [0.3, 0.4) is 0 Å². The first kappa shape index (κ1) is 20.9. The summed E-state index contributed by atoms with van der Waals surface area (Å²) in [5, 5.41) is 2.90. The first-order valence-corrected chi connectivity index (χ1v) is 11.0. The summed E-state index contributed by atoms with van der Waals surface area (Å²) >= 11 is 0. The number of para-hydroxylation sites is 1. The maximum Gasteiger partial charge on any atom is 0.245 e. The molecule has 3 aromatic rings. The Labute approximate surface area is 192 Å². The van der Waals surface area contributed by atoms with Crippen LogP contribution >= 0.6 is 0 Å². The third-order valence-electron chi connectivity index (χ3n) is 6.03. The predicted molar refractivity (Wildman–Crippen MR) is 129 cm³/mol. The molecule has 166 valence electrons. The molecule has 2 atom stereocenters. The number of rotatable bonds is 4. The summed E-state index contributed by atoms with van der Waals surface area (Å²) in [6, 6.07) is 10.5. The molecule has 2 aliphatic heterocycles. The van der Waals surface area contributed by atoms with Gasteiger partial charge in [-0.3, -0.25) is 9.80 Å². The van der Waals surface area contributed by atoms with E-state index in [-0.39, 0.29) is 17.9 Å². The van der Waals surface area contributed by atoms with Crippen LogP contribution in [0.1, 0.15) is 30.6 Å². The van der Waals surface area contributed by atoms with Gasteiger partial charge in [0.2, 0.25) is 5.91 Å². The summed E-state index contributed by atoms with van der Waals surface area (Å²) in [6.07, 6.45) is 5.62. The van der Waals surface area contributed by atoms with E-state index >= 15 is 0 Å². The van der Waals surface area contributed by atoms with Crippen LogP contribution in [-0.4, -0.2) is 51.6 Å². The molecule has 0 aliphatic carbocycles. The number of hydrazine groups is 1. The van der Waals surface area contributed by atoms with Crippen molar-refractivity contribution in [3.8, 4) is 11.8 Å². The Morgan fingerprint density at radius 2 is 2.24 bits per heavy atom. The number of aliphatic imine (C=N–C) groups is 1. The fraction of sp³-hybridized carbons (Fsp3) is 0.280. The molecule has 2 N–H and O–H groups in total. The number of carbonyl (C=O) groups is 1. The molecule has 4 heterocycles. The SMILES string of the molecule is C=CC(=O)N1CCC(C=Nc2ncnc3[nH]c(C#CCN4NC(C)c5ccccc54)cc23)C1. The van der Waals surface area contributed by atoms with Crippen LogP contribution in [0.2, 0.25) is 0 Å². The molecule has 1 saturated heterocycles. The second-order valence-electron chi connectivity index (χ2n) is 8.26. The lowest BCUT2D eigenvalue weighted by molar-refractivity contribution is -0.125. The van der Waals surface area contributed by atoms with Crippen LogP contribution in [0.5, 0.6) is 0 Å². The molecule has 0 saturated carbocycles. The molecule has 2 unspecified atom stereocenters. The molecule has 1 aromatic carbocycles. The third-order valence-corrected chi connectivity index (χ3v) is 6.03. The largest absolute Gasteiger partial charge is 0.339 e. The number of benzene rings is 1. The van der Waals surface area contributed by atoms with Crippen LogP contribution in [0.25, 0.3) is 11.0 Å². The maximum atomic E-state index is 11.8. The number of aromatic amines is 1. The van der Waals surface area contributed by atoms with E-state index in [2.05, 4.69) is 73.9 Å². The molecule has 0 radical (unpaired) electrons. The van der Waals surface area contributed by atoms with Crippen LogP contribution in [-0.2, 0) is 4.79 Å². The Morgan fingerprint density at radius 1 is 1.36 bits per heavy atom. The standard InChI is InChI=1S/C25H25N7O/c1-3-23(33)31-12-10-18(15-31)14-26-24-21-13-19(29-25(21)28-16-27-24)7-6-11-32-22-9-5-4-8-20(22)17(2)30-32/h3-5,8-9,13-14,16-18,30H,1,10-12,15H2,2H3,(H,27,28,29). The molecule has 0 spiro atoms. The Bertz CT molecular complexity index is 1300. The normalized spacial score (nSPS) is 19.7. The van der Waals surface area contributed by atoms with Crippen molar-refractivity contribution in [2.24, 2.45) is 10.9 Å². The highest BCUT2D eigenvalue weighted by Gasteiger charge is 2.24. The van der Waals surface area contributed by atoms with E-state index in [1.165, 1.54) is 23.7 Å². The van der Waals surface area contributed by atoms with Gasteiger partial charge in [0.05, 0.1) is 29.4 Å². The van der Waals surface area contributed by atoms with Crippen molar-refractivity contribution >= 4 is 34.7 Å². The summed E-state index contributed by atoms with van der Waals surface area (Å²) in [5.41, 5.74) is 7.37. The second-order valence-corrected chi connectivity index (χ2v) is 8.26. The summed E-state index contributed by atoms with van der Waals surface area (Å²) in [4.78, 5) is 30.1. The first-order chi connectivity index (χ1) is 16.1. The quantitative estimate of drug-likeness (QED) is 0.370. The molecule has 2 aromatic heterocycles. The molecule has 1 fully saturated rings. The molecule has 33 heavy (non-hydrogen) atoms. The predicted octanol–water partition coefficient (Wildman–Crippen LogP) is 3.13. The van der Waals surface area contributed by atoms with Crippen LogP contribution in [0.15, 0.2) is 54.3 Å². The molecule has 0 bridgehead atoms. The number of hydrogen-bond acceptors (Lipinski definition) is 6. The van der Waals surface area contributed by atoms with Gasteiger partial charge in [-0.25, -0.2) is 20.4 Å². The molecule has 8 nitrogen and oxygen atoms in total. The summed E-state index contributed by atoms with van der Waals surface area (Å²) in [7, 11) is 0. The van der Waals surface area contributed by atoms with Gasteiger partial charge in [0.25, 0.3) is 0 Å². The molecular formula is C25H25N7O. The van der Waals surface area contributed by atoms with Crippen molar-refractivity contribution < 1.29 is 4.79 Å². The van der Waals surface area contributed by atoms with Crippen molar-refractivity contribution in [1.29, 1.82) is 0 Å². The van der Waals surface area contributed by atoms with E-state index in [4.69, 9.17) is 0 Å². The number of hydrogen-bond donors (Lipinski definition) is 2. The average Bonchev–Trinajstić information content (AvgIpc) is 3.55. The van der Waals surface area contributed by atoms with Gasteiger partial charge in [-0.1, -0.05) is 30.7 Å². The lowest BCUT2D eigenvalue weighted by Gasteiger charge is -2.16. The van der Waals surface area contributed by atoms with Crippen molar-refractivity contribution in [1.82, 2.24) is 25.3 Å². The minimum atomic E-state index is -0.0359. The number of amides is 1. The number of fused-ring (bicyclic) bond motifs is 2. The zero-order chi connectivity index (χ0) is 22.8. The van der Waals surface area contributed by atoms with E-state index in [1.807, 2.05) is 18.3 Å². The first-order valence-electron chi connectivity index (χ1n) is 11.0. The van der Waals surface area contributed by atoms with E-state index in [9.17, 15) is 4.79 Å². The fourth-order valence-electron chi connectivity index (χ4n) is 4.33. The van der Waals surface area contributed by atoms with Gasteiger partial charge in [0.1, 0.15) is 12.0 Å². The Balaban J connectivity index is 1.29. The number of carbonyl (C=O) groups excluding carboxylic acids is 1. The highest BCUT2D eigenvalue weighted by Crippen LogP contribution is 2.31. The number of nitrogens with one attached hydrogen (secondary N) is 2. The number of aromatic nitrogens is 3. The number of anilines is 1. The van der Waals surface area contributed by atoms with Crippen molar-refractivity contribution in [2.45, 2.75) is 19.4 Å². The van der Waals surface area contributed by atoms with Crippen LogP contribution in [0, 0.1) is 17.8 Å². The van der Waals surface area contributed by atoms with Gasteiger partial charge in [0, 0.05) is 25.2 Å². The fourth-order valence-corrected chi connectivity index (χ4v) is 4.33. The second kappa shape index (κ2) is 8.88. The topological polar surface area (TPSA) is 89.5 Å². The van der Waals surface area contributed by atoms with Gasteiger partial charge in [-0.2, -0.15) is 0 Å². The minimum absolute atomic E-state index is 0.0359. The zero-order valence-electron chi connectivity index (χ0n) is 18.5. The van der Waals surface area contributed by atoms with E-state index in [0.717, 1.165) is 24.0 Å². The smallest absolute Gasteiger partial charge is 0.245 e. The lowest BCUT2D eigenvalue weighted by Crippen LogP contribution is -2.33. The molecule has 5 rings (SSSR count). The molecule has 1 amide bonds.